The van der Waals surface area contributed by atoms with Crippen molar-refractivity contribution in [3.8, 4) is 17.2 Å². The van der Waals surface area contributed by atoms with Crippen LogP contribution in [0.1, 0.15) is 49.2 Å². The molecule has 0 saturated carbocycles. The number of carbonyl (C=O) groups is 1. The second kappa shape index (κ2) is 13.8. The predicted molar refractivity (Wildman–Crippen MR) is 145 cm³/mol. The molecule has 0 bridgehead atoms. The van der Waals surface area contributed by atoms with Gasteiger partial charge >= 0.3 is 0 Å². The molecule has 7 heteroatoms. The first-order chi connectivity index (χ1) is 17.6. The third-order valence-corrected chi connectivity index (χ3v) is 5.41. The first-order valence-corrected chi connectivity index (χ1v) is 12.4. The van der Waals surface area contributed by atoms with Gasteiger partial charge < -0.3 is 19.1 Å². The smallest absolute Gasteiger partial charge is 0.271 e. The molecule has 3 aromatic rings. The summed E-state index contributed by atoms with van der Waals surface area (Å²) in [5, 5.41) is 4.14. The summed E-state index contributed by atoms with van der Waals surface area (Å²) in [5.74, 6) is 1.06. The Morgan fingerprint density at radius 3 is 2.03 bits per heavy atom. The van der Waals surface area contributed by atoms with E-state index in [0.717, 1.165) is 24.3 Å². The van der Waals surface area contributed by atoms with Crippen molar-refractivity contribution < 1.29 is 19.0 Å². The average Bonchev–Trinajstić information content (AvgIpc) is 2.90. The van der Waals surface area contributed by atoms with Crippen molar-refractivity contribution in [3.05, 3.63) is 83.4 Å². The van der Waals surface area contributed by atoms with Crippen LogP contribution in [0.15, 0.2) is 71.8 Å². The number of rotatable bonds is 13. The Bertz CT molecular complexity index is 1100. The van der Waals surface area contributed by atoms with Gasteiger partial charge in [-0.05, 0) is 63.1 Å². The molecule has 0 aromatic heterocycles. The molecule has 0 aliphatic carbocycles. The molecule has 0 fully saturated rings. The summed E-state index contributed by atoms with van der Waals surface area (Å²) >= 11 is 0. The van der Waals surface area contributed by atoms with Crippen LogP contribution in [0.3, 0.4) is 0 Å². The van der Waals surface area contributed by atoms with Crippen molar-refractivity contribution >= 4 is 17.8 Å². The number of hydrogen-bond donors (Lipinski definition) is 1. The van der Waals surface area contributed by atoms with Gasteiger partial charge in [-0.2, -0.15) is 5.10 Å². The zero-order valence-electron chi connectivity index (χ0n) is 21.5. The van der Waals surface area contributed by atoms with Gasteiger partial charge in [0.15, 0.2) is 11.5 Å². The van der Waals surface area contributed by atoms with Crippen molar-refractivity contribution in [1.29, 1.82) is 0 Å². The Labute approximate surface area is 213 Å². The van der Waals surface area contributed by atoms with Crippen LogP contribution in [0.2, 0.25) is 0 Å². The molecular formula is C29H35N3O4. The highest BCUT2D eigenvalue weighted by molar-refractivity contribution is 5.96. The van der Waals surface area contributed by atoms with Crippen LogP contribution in [-0.2, 0) is 6.54 Å². The minimum Gasteiger partial charge on any atom is -0.490 e. The van der Waals surface area contributed by atoms with Crippen LogP contribution in [0.5, 0.6) is 17.2 Å². The molecule has 0 aliphatic rings. The van der Waals surface area contributed by atoms with E-state index in [1.165, 1.54) is 5.56 Å². The van der Waals surface area contributed by atoms with Crippen LogP contribution in [0, 0.1) is 0 Å². The maximum absolute atomic E-state index is 12.8. The normalized spacial score (nSPS) is 10.8. The Morgan fingerprint density at radius 1 is 0.861 bits per heavy atom. The number of hydrogen-bond acceptors (Lipinski definition) is 6. The third kappa shape index (κ3) is 7.25. The van der Waals surface area contributed by atoms with Crippen LogP contribution >= 0.6 is 0 Å². The lowest BCUT2D eigenvalue weighted by atomic mass is 10.1. The molecule has 0 aliphatic heterocycles. The zero-order valence-corrected chi connectivity index (χ0v) is 21.5. The molecular weight excluding hydrogens is 454 g/mol. The Kier molecular flexibility index (Phi) is 10.2. The number of anilines is 1. The van der Waals surface area contributed by atoms with E-state index in [1.54, 1.807) is 18.3 Å². The third-order valence-electron chi connectivity index (χ3n) is 5.41. The number of carbonyl (C=O) groups excluding carboxylic acids is 1. The summed E-state index contributed by atoms with van der Waals surface area (Å²) in [6.45, 7) is 10.8. The van der Waals surface area contributed by atoms with Crippen LogP contribution in [-0.4, -0.2) is 38.5 Å². The average molecular weight is 490 g/mol. The number of benzene rings is 3. The molecule has 3 rings (SSSR count). The van der Waals surface area contributed by atoms with Gasteiger partial charge in [0.05, 0.1) is 26.0 Å². The fourth-order valence-electron chi connectivity index (χ4n) is 3.71. The summed E-state index contributed by atoms with van der Waals surface area (Å²) in [4.78, 5) is 15.1. The molecule has 0 atom stereocenters. The maximum atomic E-state index is 12.8. The monoisotopic (exact) mass is 489 g/mol. The molecule has 0 radical (unpaired) electrons. The molecule has 1 amide bonds. The highest BCUT2D eigenvalue weighted by Gasteiger charge is 2.18. The van der Waals surface area contributed by atoms with Gasteiger partial charge in [-0.25, -0.2) is 5.43 Å². The van der Waals surface area contributed by atoms with Crippen LogP contribution in [0.25, 0.3) is 0 Å². The van der Waals surface area contributed by atoms with E-state index in [2.05, 4.69) is 58.7 Å². The summed E-state index contributed by atoms with van der Waals surface area (Å²) < 4.78 is 17.1. The van der Waals surface area contributed by atoms with Gasteiger partial charge in [-0.3, -0.25) is 4.79 Å². The van der Waals surface area contributed by atoms with E-state index in [1.807, 2.05) is 39.0 Å². The Balaban J connectivity index is 1.68. The Morgan fingerprint density at radius 2 is 1.47 bits per heavy atom. The number of nitrogens with zero attached hydrogens (tertiary/aromatic N) is 2. The van der Waals surface area contributed by atoms with Gasteiger partial charge in [-0.1, -0.05) is 42.5 Å². The van der Waals surface area contributed by atoms with Crippen LogP contribution < -0.4 is 24.5 Å². The number of hydrazone groups is 1. The highest BCUT2D eigenvalue weighted by Crippen LogP contribution is 2.39. The van der Waals surface area contributed by atoms with Crippen molar-refractivity contribution in [3.63, 3.8) is 0 Å². The standard InChI is InChI=1S/C29H35N3O4/c1-5-32(21-23-12-10-9-11-13-23)25-16-14-22(15-17-25)20-30-31-29(33)24-18-26(34-6-2)28(36-8-4)27(19-24)35-7-3/h9-20H,5-8,21H2,1-4H3,(H,31,33)/b30-20+. The van der Waals surface area contributed by atoms with E-state index < -0.39 is 0 Å². The second-order valence-corrected chi connectivity index (χ2v) is 7.89. The van der Waals surface area contributed by atoms with Gasteiger partial charge in [-0.15, -0.1) is 0 Å². The minimum atomic E-state index is -0.368. The van der Waals surface area contributed by atoms with E-state index in [9.17, 15) is 4.79 Å². The Hall–Kier alpha value is -4.00. The van der Waals surface area contributed by atoms with Gasteiger partial charge in [0, 0.05) is 24.3 Å². The highest BCUT2D eigenvalue weighted by atomic mass is 16.5. The molecule has 7 nitrogen and oxygen atoms in total. The van der Waals surface area contributed by atoms with Gasteiger partial charge in [0.2, 0.25) is 5.75 Å². The topological polar surface area (TPSA) is 72.4 Å². The summed E-state index contributed by atoms with van der Waals surface area (Å²) in [5.41, 5.74) is 6.23. The van der Waals surface area contributed by atoms with E-state index in [-0.39, 0.29) is 5.91 Å². The zero-order chi connectivity index (χ0) is 25.8. The van der Waals surface area contributed by atoms with Crippen LogP contribution in [0.4, 0.5) is 5.69 Å². The molecule has 1 N–H and O–H groups in total. The molecule has 36 heavy (non-hydrogen) atoms. The number of amides is 1. The first kappa shape index (κ1) is 26.6. The molecule has 0 saturated heterocycles. The molecule has 190 valence electrons. The summed E-state index contributed by atoms with van der Waals surface area (Å²) in [6, 6.07) is 21.8. The predicted octanol–water partition coefficient (Wildman–Crippen LogP) is 5.67. The molecule has 0 heterocycles. The van der Waals surface area contributed by atoms with Crippen molar-refractivity contribution in [1.82, 2.24) is 5.43 Å². The second-order valence-electron chi connectivity index (χ2n) is 7.89. The van der Waals surface area contributed by atoms with E-state index in [4.69, 9.17) is 14.2 Å². The minimum absolute atomic E-state index is 0.368. The van der Waals surface area contributed by atoms with Gasteiger partial charge in [0.25, 0.3) is 5.91 Å². The summed E-state index contributed by atoms with van der Waals surface area (Å²) in [6.07, 6.45) is 1.62. The van der Waals surface area contributed by atoms with Crippen molar-refractivity contribution in [2.24, 2.45) is 5.10 Å². The lowest BCUT2D eigenvalue weighted by Crippen LogP contribution is -2.21. The van der Waals surface area contributed by atoms with Crippen molar-refractivity contribution in [2.45, 2.75) is 34.2 Å². The SMILES string of the molecule is CCOc1cc(C(=O)N/N=C/c2ccc(N(CC)Cc3ccccc3)cc2)cc(OCC)c1OCC. The quantitative estimate of drug-likeness (QED) is 0.247. The van der Waals surface area contributed by atoms with E-state index in [0.29, 0.717) is 42.6 Å². The lowest BCUT2D eigenvalue weighted by molar-refractivity contribution is 0.0954. The first-order valence-electron chi connectivity index (χ1n) is 12.4. The maximum Gasteiger partial charge on any atom is 0.271 e. The molecule has 0 unspecified atom stereocenters. The van der Waals surface area contributed by atoms with Gasteiger partial charge in [0.1, 0.15) is 0 Å². The largest absolute Gasteiger partial charge is 0.490 e. The fourth-order valence-corrected chi connectivity index (χ4v) is 3.71. The number of nitrogens with one attached hydrogen (secondary N) is 1. The molecule has 0 spiro atoms. The number of ether oxygens (including phenoxy) is 3. The lowest BCUT2D eigenvalue weighted by Gasteiger charge is -2.23. The van der Waals surface area contributed by atoms with E-state index >= 15 is 0 Å². The van der Waals surface area contributed by atoms with Crippen molar-refractivity contribution in [2.75, 3.05) is 31.3 Å². The summed E-state index contributed by atoms with van der Waals surface area (Å²) in [7, 11) is 0. The fraction of sp³-hybridized carbons (Fsp3) is 0.310. The molecule has 3 aromatic carbocycles.